The Labute approximate surface area is 123 Å². The Morgan fingerprint density at radius 3 is 2.95 bits per heavy atom. The number of hydrogen-bond donors (Lipinski definition) is 1. The smallest absolute Gasteiger partial charge is 0.227 e. The molecule has 0 bridgehead atoms. The normalized spacial score (nSPS) is 18.7. The molecule has 2 heterocycles. The maximum atomic E-state index is 13.7. The first-order valence-electron chi connectivity index (χ1n) is 7.28. The number of nitrogens with zero attached hydrogens (tertiary/aromatic N) is 2. The Balaban J connectivity index is 1.77. The molecule has 1 atom stereocenters. The number of benzene rings is 1. The lowest BCUT2D eigenvalue weighted by Gasteiger charge is -2.35. The number of H-pyrrole nitrogens is 1. The molecule has 110 valence electrons. The van der Waals surface area contributed by atoms with Crippen LogP contribution in [0.2, 0.25) is 0 Å². The number of aromatic nitrogens is 2. The predicted octanol–water partition coefficient (Wildman–Crippen LogP) is 2.85. The largest absolute Gasteiger partial charge is 0.334 e. The fourth-order valence-corrected chi connectivity index (χ4v) is 2.91. The highest BCUT2D eigenvalue weighted by Gasteiger charge is 2.29. The number of aromatic amines is 1. The van der Waals surface area contributed by atoms with E-state index >= 15 is 0 Å². The summed E-state index contributed by atoms with van der Waals surface area (Å²) in [5, 5.41) is 6.92. The minimum atomic E-state index is -0.319. The van der Waals surface area contributed by atoms with Crippen molar-refractivity contribution in [2.45, 2.75) is 31.7 Å². The van der Waals surface area contributed by atoms with Gasteiger partial charge in [-0.15, -0.1) is 0 Å². The molecule has 1 aromatic carbocycles. The zero-order valence-electron chi connectivity index (χ0n) is 11.8. The second-order valence-corrected chi connectivity index (χ2v) is 5.38. The van der Waals surface area contributed by atoms with E-state index in [1.807, 2.05) is 11.0 Å². The molecule has 0 saturated carbocycles. The van der Waals surface area contributed by atoms with E-state index in [4.69, 9.17) is 0 Å². The first-order valence-corrected chi connectivity index (χ1v) is 7.28. The van der Waals surface area contributed by atoms with Crippen LogP contribution in [0.5, 0.6) is 0 Å². The summed E-state index contributed by atoms with van der Waals surface area (Å²) in [6.45, 7) is 0.719. The van der Waals surface area contributed by atoms with Gasteiger partial charge >= 0.3 is 0 Å². The van der Waals surface area contributed by atoms with Crippen LogP contribution in [0.1, 0.15) is 36.6 Å². The molecule has 0 unspecified atom stereocenters. The summed E-state index contributed by atoms with van der Waals surface area (Å²) in [6.07, 6.45) is 4.81. The molecule has 1 fully saturated rings. The molecule has 1 amide bonds. The number of likely N-dealkylation sites (tertiary alicyclic amines) is 1. The summed E-state index contributed by atoms with van der Waals surface area (Å²) in [5.74, 6) is -0.347. The van der Waals surface area contributed by atoms with Gasteiger partial charge in [-0.1, -0.05) is 18.2 Å². The number of piperidine rings is 1. The molecular weight excluding hydrogens is 269 g/mol. The lowest BCUT2D eigenvalue weighted by molar-refractivity contribution is -0.134. The van der Waals surface area contributed by atoms with Crippen molar-refractivity contribution in [1.29, 1.82) is 0 Å². The van der Waals surface area contributed by atoms with E-state index in [0.717, 1.165) is 31.5 Å². The molecule has 1 aromatic heterocycles. The topological polar surface area (TPSA) is 49.0 Å². The summed E-state index contributed by atoms with van der Waals surface area (Å²) in [4.78, 5) is 14.4. The molecule has 1 aliphatic heterocycles. The SMILES string of the molecule is O=C(Cc1ccccc1F)N1CCCC[C@@H]1c1ccn[nH]1. The summed E-state index contributed by atoms with van der Waals surface area (Å²) in [6, 6.07) is 8.39. The Kier molecular flexibility index (Phi) is 3.99. The molecule has 0 spiro atoms. The minimum absolute atomic E-state index is 0.0283. The van der Waals surface area contributed by atoms with Crippen LogP contribution in [0, 0.1) is 5.82 Å². The van der Waals surface area contributed by atoms with Gasteiger partial charge in [0.1, 0.15) is 5.82 Å². The van der Waals surface area contributed by atoms with E-state index in [9.17, 15) is 9.18 Å². The van der Waals surface area contributed by atoms with Crippen LogP contribution in [0.15, 0.2) is 36.5 Å². The van der Waals surface area contributed by atoms with Crippen molar-refractivity contribution in [3.63, 3.8) is 0 Å². The van der Waals surface area contributed by atoms with Gasteiger partial charge in [0.15, 0.2) is 0 Å². The molecule has 1 saturated heterocycles. The van der Waals surface area contributed by atoms with Gasteiger partial charge in [0.2, 0.25) is 5.91 Å². The zero-order valence-corrected chi connectivity index (χ0v) is 11.8. The van der Waals surface area contributed by atoms with Gasteiger partial charge in [-0.05, 0) is 37.0 Å². The Morgan fingerprint density at radius 2 is 2.19 bits per heavy atom. The molecule has 0 radical (unpaired) electrons. The van der Waals surface area contributed by atoms with Crippen LogP contribution in [0.4, 0.5) is 4.39 Å². The monoisotopic (exact) mass is 287 g/mol. The standard InChI is InChI=1S/C16H18FN3O/c17-13-6-2-1-5-12(13)11-16(21)20-10-4-3-7-15(20)14-8-9-18-19-14/h1-2,5-6,8-9,15H,3-4,7,10-11H2,(H,18,19)/t15-/m1/s1. The summed E-state index contributed by atoms with van der Waals surface area (Å²) in [5.41, 5.74) is 1.41. The predicted molar refractivity (Wildman–Crippen MR) is 77.0 cm³/mol. The second kappa shape index (κ2) is 6.08. The van der Waals surface area contributed by atoms with E-state index < -0.39 is 0 Å². The number of halogens is 1. The minimum Gasteiger partial charge on any atom is -0.334 e. The van der Waals surface area contributed by atoms with Gasteiger partial charge in [-0.25, -0.2) is 4.39 Å². The third kappa shape index (κ3) is 2.96. The molecule has 5 heteroatoms. The van der Waals surface area contributed by atoms with E-state index in [2.05, 4.69) is 10.2 Å². The first kappa shape index (κ1) is 13.8. The Morgan fingerprint density at radius 1 is 1.33 bits per heavy atom. The van der Waals surface area contributed by atoms with Crippen LogP contribution in [-0.4, -0.2) is 27.5 Å². The highest BCUT2D eigenvalue weighted by Crippen LogP contribution is 2.30. The summed E-state index contributed by atoms with van der Waals surface area (Å²) in [7, 11) is 0. The number of carbonyl (C=O) groups excluding carboxylic acids is 1. The van der Waals surface area contributed by atoms with Crippen molar-refractivity contribution in [3.8, 4) is 0 Å². The number of rotatable bonds is 3. The molecule has 2 aromatic rings. The van der Waals surface area contributed by atoms with Gasteiger partial charge in [-0.3, -0.25) is 9.89 Å². The fraction of sp³-hybridized carbons (Fsp3) is 0.375. The average molecular weight is 287 g/mol. The van der Waals surface area contributed by atoms with Crippen molar-refractivity contribution in [2.24, 2.45) is 0 Å². The molecule has 21 heavy (non-hydrogen) atoms. The zero-order chi connectivity index (χ0) is 14.7. The van der Waals surface area contributed by atoms with Gasteiger partial charge in [0, 0.05) is 12.7 Å². The maximum absolute atomic E-state index is 13.7. The number of amides is 1. The summed E-state index contributed by atoms with van der Waals surface area (Å²) < 4.78 is 13.7. The number of carbonyl (C=O) groups is 1. The number of hydrogen-bond acceptors (Lipinski definition) is 2. The van der Waals surface area contributed by atoms with Crippen molar-refractivity contribution in [3.05, 3.63) is 53.6 Å². The van der Waals surface area contributed by atoms with Crippen LogP contribution in [-0.2, 0) is 11.2 Å². The highest BCUT2D eigenvalue weighted by molar-refractivity contribution is 5.79. The van der Waals surface area contributed by atoms with E-state index in [1.54, 1.807) is 24.4 Å². The number of nitrogens with one attached hydrogen (secondary N) is 1. The molecule has 4 nitrogen and oxygen atoms in total. The van der Waals surface area contributed by atoms with Crippen LogP contribution in [0.25, 0.3) is 0 Å². The molecule has 0 aliphatic carbocycles. The van der Waals surface area contributed by atoms with Crippen molar-refractivity contribution >= 4 is 5.91 Å². The van der Waals surface area contributed by atoms with E-state index in [-0.39, 0.29) is 24.2 Å². The molecular formula is C16H18FN3O. The van der Waals surface area contributed by atoms with Gasteiger partial charge < -0.3 is 4.90 Å². The average Bonchev–Trinajstić information content (AvgIpc) is 3.04. The van der Waals surface area contributed by atoms with Crippen molar-refractivity contribution < 1.29 is 9.18 Å². The quantitative estimate of drug-likeness (QED) is 0.943. The maximum Gasteiger partial charge on any atom is 0.227 e. The van der Waals surface area contributed by atoms with Gasteiger partial charge in [0.25, 0.3) is 0 Å². The van der Waals surface area contributed by atoms with E-state index in [0.29, 0.717) is 5.56 Å². The summed E-state index contributed by atoms with van der Waals surface area (Å²) >= 11 is 0. The third-order valence-corrected chi connectivity index (χ3v) is 4.00. The van der Waals surface area contributed by atoms with Crippen LogP contribution in [0.3, 0.4) is 0 Å². The van der Waals surface area contributed by atoms with Crippen LogP contribution >= 0.6 is 0 Å². The fourth-order valence-electron chi connectivity index (χ4n) is 2.91. The Hall–Kier alpha value is -2.17. The van der Waals surface area contributed by atoms with Gasteiger partial charge in [-0.2, -0.15) is 5.10 Å². The Bertz CT molecular complexity index is 612. The van der Waals surface area contributed by atoms with Gasteiger partial charge in [0.05, 0.1) is 18.2 Å². The lowest BCUT2D eigenvalue weighted by Crippen LogP contribution is -2.39. The molecule has 3 rings (SSSR count). The second-order valence-electron chi connectivity index (χ2n) is 5.38. The lowest BCUT2D eigenvalue weighted by atomic mass is 9.98. The van der Waals surface area contributed by atoms with Crippen molar-refractivity contribution in [2.75, 3.05) is 6.54 Å². The third-order valence-electron chi connectivity index (χ3n) is 4.00. The van der Waals surface area contributed by atoms with Crippen LogP contribution < -0.4 is 0 Å². The molecule has 1 aliphatic rings. The highest BCUT2D eigenvalue weighted by atomic mass is 19.1. The first-order chi connectivity index (χ1) is 10.3. The van der Waals surface area contributed by atoms with E-state index in [1.165, 1.54) is 6.07 Å². The van der Waals surface area contributed by atoms with Crippen molar-refractivity contribution in [1.82, 2.24) is 15.1 Å². The molecule has 1 N–H and O–H groups in total.